The average Bonchev–Trinajstić information content (AvgIpc) is 3.37. The van der Waals surface area contributed by atoms with Crippen LogP contribution in [0.25, 0.3) is 0 Å². The van der Waals surface area contributed by atoms with Gasteiger partial charge in [0.25, 0.3) is 5.91 Å². The molecule has 5 unspecified atom stereocenters. The largest absolute Gasteiger partial charge is 0.491 e. The molecule has 28 heavy (non-hydrogen) atoms. The standard InChI is InChI=1S/C21H28N2O5/c1-3-12(2)28-15-6-4-5-14(9-15)21(25)23-17-11-27-18-16(10-26-19(17)18)22-20(24)13-7-8-13/h4-6,9,12-13,16-19H,3,7-8,10-11H2,1-2H3,(H,22,24)(H,23,25). The second-order valence-corrected chi connectivity index (χ2v) is 7.93. The van der Waals surface area contributed by atoms with Gasteiger partial charge in [0.15, 0.2) is 0 Å². The van der Waals surface area contributed by atoms with E-state index < -0.39 is 0 Å². The first-order valence-corrected chi connectivity index (χ1v) is 10.2. The van der Waals surface area contributed by atoms with Crippen LogP contribution in [0.1, 0.15) is 43.5 Å². The molecule has 1 aromatic carbocycles. The van der Waals surface area contributed by atoms with E-state index in [-0.39, 0.29) is 48.1 Å². The number of hydrogen-bond donors (Lipinski definition) is 2. The van der Waals surface area contributed by atoms with Crippen molar-refractivity contribution in [3.8, 4) is 5.75 Å². The topological polar surface area (TPSA) is 85.9 Å². The van der Waals surface area contributed by atoms with Crippen molar-refractivity contribution in [3.05, 3.63) is 29.8 Å². The Kier molecular flexibility index (Phi) is 5.55. The molecule has 7 nitrogen and oxygen atoms in total. The van der Waals surface area contributed by atoms with Gasteiger partial charge in [-0.2, -0.15) is 0 Å². The van der Waals surface area contributed by atoms with Crippen LogP contribution in [0.5, 0.6) is 5.75 Å². The number of nitrogens with one attached hydrogen (secondary N) is 2. The molecule has 0 aromatic heterocycles. The second-order valence-electron chi connectivity index (χ2n) is 7.93. The summed E-state index contributed by atoms with van der Waals surface area (Å²) in [5, 5.41) is 6.04. The van der Waals surface area contributed by atoms with Crippen LogP contribution >= 0.6 is 0 Å². The molecule has 2 heterocycles. The van der Waals surface area contributed by atoms with E-state index in [4.69, 9.17) is 14.2 Å². The van der Waals surface area contributed by atoms with Crippen LogP contribution in [-0.4, -0.2) is 55.4 Å². The van der Waals surface area contributed by atoms with Gasteiger partial charge in [0.1, 0.15) is 18.0 Å². The highest BCUT2D eigenvalue weighted by atomic mass is 16.6. The van der Waals surface area contributed by atoms with Crippen LogP contribution in [0.3, 0.4) is 0 Å². The summed E-state index contributed by atoms with van der Waals surface area (Å²) in [5.74, 6) is 0.741. The zero-order valence-corrected chi connectivity index (χ0v) is 16.4. The van der Waals surface area contributed by atoms with E-state index in [9.17, 15) is 9.59 Å². The molecular weight excluding hydrogens is 360 g/mol. The summed E-state index contributed by atoms with van der Waals surface area (Å²) in [6.45, 7) is 4.84. The first kappa shape index (κ1) is 19.2. The minimum absolute atomic E-state index is 0.0865. The Hall–Kier alpha value is -2.12. The van der Waals surface area contributed by atoms with Gasteiger partial charge in [-0.3, -0.25) is 9.59 Å². The van der Waals surface area contributed by atoms with Crippen molar-refractivity contribution >= 4 is 11.8 Å². The van der Waals surface area contributed by atoms with Gasteiger partial charge in [-0.05, 0) is 44.4 Å². The quantitative estimate of drug-likeness (QED) is 0.742. The van der Waals surface area contributed by atoms with Crippen LogP contribution in [0.15, 0.2) is 24.3 Å². The maximum Gasteiger partial charge on any atom is 0.251 e. The van der Waals surface area contributed by atoms with E-state index in [2.05, 4.69) is 17.6 Å². The van der Waals surface area contributed by atoms with Gasteiger partial charge in [-0.1, -0.05) is 13.0 Å². The number of carbonyl (C=O) groups excluding carboxylic acids is 2. The maximum atomic E-state index is 12.7. The number of carbonyl (C=O) groups is 2. The van der Waals surface area contributed by atoms with Gasteiger partial charge in [0, 0.05) is 11.5 Å². The predicted molar refractivity (Wildman–Crippen MR) is 102 cm³/mol. The van der Waals surface area contributed by atoms with Crippen molar-refractivity contribution in [1.82, 2.24) is 10.6 Å². The van der Waals surface area contributed by atoms with Gasteiger partial charge in [-0.25, -0.2) is 0 Å². The molecule has 1 aliphatic carbocycles. The number of rotatable bonds is 7. The van der Waals surface area contributed by atoms with E-state index in [0.717, 1.165) is 19.3 Å². The summed E-state index contributed by atoms with van der Waals surface area (Å²) in [6.07, 6.45) is 2.46. The number of fused-ring (bicyclic) bond motifs is 1. The SMILES string of the molecule is CCC(C)Oc1cccc(C(=O)NC2COC3C(NC(=O)C4CC4)COC23)c1. The molecule has 4 rings (SSSR count). The van der Waals surface area contributed by atoms with Crippen LogP contribution in [-0.2, 0) is 14.3 Å². The highest BCUT2D eigenvalue weighted by Crippen LogP contribution is 2.31. The third-order valence-electron chi connectivity index (χ3n) is 5.65. The minimum Gasteiger partial charge on any atom is -0.491 e. The number of amides is 2. The first-order chi connectivity index (χ1) is 13.5. The molecule has 0 radical (unpaired) electrons. The molecule has 2 aliphatic heterocycles. The van der Waals surface area contributed by atoms with Gasteiger partial charge in [0.2, 0.25) is 5.91 Å². The summed E-state index contributed by atoms with van der Waals surface area (Å²) in [7, 11) is 0. The molecule has 2 N–H and O–H groups in total. The van der Waals surface area contributed by atoms with E-state index in [1.807, 2.05) is 19.1 Å². The van der Waals surface area contributed by atoms with Gasteiger partial charge in [-0.15, -0.1) is 0 Å². The molecule has 0 spiro atoms. The molecule has 3 fully saturated rings. The Morgan fingerprint density at radius 3 is 2.46 bits per heavy atom. The van der Waals surface area contributed by atoms with E-state index in [1.165, 1.54) is 0 Å². The first-order valence-electron chi connectivity index (χ1n) is 10.2. The van der Waals surface area contributed by atoms with Crippen molar-refractivity contribution in [2.24, 2.45) is 5.92 Å². The number of hydrogen-bond acceptors (Lipinski definition) is 5. The van der Waals surface area contributed by atoms with Crippen molar-refractivity contribution in [2.75, 3.05) is 13.2 Å². The molecule has 0 bridgehead atoms. The Morgan fingerprint density at radius 2 is 1.82 bits per heavy atom. The van der Waals surface area contributed by atoms with Crippen molar-refractivity contribution < 1.29 is 23.8 Å². The highest BCUT2D eigenvalue weighted by Gasteiger charge is 2.49. The van der Waals surface area contributed by atoms with Crippen molar-refractivity contribution in [1.29, 1.82) is 0 Å². The molecule has 3 aliphatic rings. The molecule has 1 saturated carbocycles. The molecule has 2 amide bonds. The Bertz CT molecular complexity index is 735. The summed E-state index contributed by atoms with van der Waals surface area (Å²) in [5.41, 5.74) is 0.542. The fourth-order valence-electron chi connectivity index (χ4n) is 3.67. The Balaban J connectivity index is 1.34. The molecule has 2 saturated heterocycles. The fourth-order valence-corrected chi connectivity index (χ4v) is 3.67. The van der Waals surface area contributed by atoms with Crippen LogP contribution < -0.4 is 15.4 Å². The Labute approximate surface area is 165 Å². The predicted octanol–water partition coefficient (Wildman–Crippen LogP) is 1.65. The third-order valence-corrected chi connectivity index (χ3v) is 5.65. The van der Waals surface area contributed by atoms with Gasteiger partial charge in [0.05, 0.1) is 31.4 Å². The zero-order valence-electron chi connectivity index (χ0n) is 16.4. The fraction of sp³-hybridized carbons (Fsp3) is 0.619. The van der Waals surface area contributed by atoms with Crippen LogP contribution in [0, 0.1) is 5.92 Å². The number of benzene rings is 1. The third kappa shape index (κ3) is 4.15. The highest BCUT2D eigenvalue weighted by molar-refractivity contribution is 5.94. The van der Waals surface area contributed by atoms with E-state index >= 15 is 0 Å². The summed E-state index contributed by atoms with van der Waals surface area (Å²) < 4.78 is 17.5. The Morgan fingerprint density at radius 1 is 1.14 bits per heavy atom. The smallest absolute Gasteiger partial charge is 0.251 e. The lowest BCUT2D eigenvalue weighted by Crippen LogP contribution is -2.47. The minimum atomic E-state index is -0.243. The van der Waals surface area contributed by atoms with Crippen molar-refractivity contribution in [2.45, 2.75) is 63.5 Å². The second kappa shape index (κ2) is 8.09. The lowest BCUT2D eigenvalue weighted by molar-refractivity contribution is -0.123. The zero-order chi connectivity index (χ0) is 19.7. The molecule has 5 atom stereocenters. The van der Waals surface area contributed by atoms with Crippen molar-refractivity contribution in [3.63, 3.8) is 0 Å². The molecular formula is C21H28N2O5. The van der Waals surface area contributed by atoms with Crippen LogP contribution in [0.2, 0.25) is 0 Å². The molecule has 152 valence electrons. The maximum absolute atomic E-state index is 12.7. The summed E-state index contributed by atoms with van der Waals surface area (Å²) >= 11 is 0. The summed E-state index contributed by atoms with van der Waals surface area (Å²) in [6, 6.07) is 6.80. The van der Waals surface area contributed by atoms with Gasteiger partial charge < -0.3 is 24.8 Å². The lowest BCUT2D eigenvalue weighted by atomic mass is 10.1. The molecule has 1 aromatic rings. The summed E-state index contributed by atoms with van der Waals surface area (Å²) in [4.78, 5) is 24.7. The average molecular weight is 388 g/mol. The number of ether oxygens (including phenoxy) is 3. The van der Waals surface area contributed by atoms with Gasteiger partial charge >= 0.3 is 0 Å². The van der Waals surface area contributed by atoms with E-state index in [0.29, 0.717) is 24.5 Å². The van der Waals surface area contributed by atoms with E-state index in [1.54, 1.807) is 12.1 Å². The monoisotopic (exact) mass is 388 g/mol. The molecule has 7 heteroatoms. The lowest BCUT2D eigenvalue weighted by Gasteiger charge is -2.19. The van der Waals surface area contributed by atoms with Crippen LogP contribution in [0.4, 0.5) is 0 Å². The normalized spacial score (nSPS) is 29.8.